The molecule has 2 rings (SSSR count). The molecule has 1 saturated heterocycles. The average molecular weight is 268 g/mol. The number of anilines is 1. The number of amides is 1. The highest BCUT2D eigenvalue weighted by atomic mass is 32.2. The summed E-state index contributed by atoms with van der Waals surface area (Å²) in [6.07, 6.45) is 2.24. The highest BCUT2D eigenvalue weighted by Gasteiger charge is 2.14. The lowest BCUT2D eigenvalue weighted by molar-refractivity contribution is -0.113. The summed E-state index contributed by atoms with van der Waals surface area (Å²) in [6.45, 7) is 2.08. The molecular weight excluding hydrogens is 251 g/mol. The highest BCUT2D eigenvalue weighted by molar-refractivity contribution is 8.00. The van der Waals surface area contributed by atoms with Crippen molar-refractivity contribution < 1.29 is 9.18 Å². The molecular formula is C13H17FN2OS. The lowest BCUT2D eigenvalue weighted by Gasteiger charge is -2.21. The zero-order valence-corrected chi connectivity index (χ0v) is 10.9. The van der Waals surface area contributed by atoms with Gasteiger partial charge in [-0.3, -0.25) is 4.79 Å². The zero-order valence-electron chi connectivity index (χ0n) is 10.1. The van der Waals surface area contributed by atoms with E-state index in [1.807, 2.05) is 0 Å². The van der Waals surface area contributed by atoms with Crippen molar-refractivity contribution in [1.82, 2.24) is 5.32 Å². The number of hydrogen-bond acceptors (Lipinski definition) is 3. The van der Waals surface area contributed by atoms with Crippen LogP contribution in [0.1, 0.15) is 12.8 Å². The van der Waals surface area contributed by atoms with Gasteiger partial charge in [0.15, 0.2) is 0 Å². The molecule has 0 aliphatic carbocycles. The van der Waals surface area contributed by atoms with E-state index in [1.165, 1.54) is 12.1 Å². The van der Waals surface area contributed by atoms with Gasteiger partial charge in [-0.15, -0.1) is 11.8 Å². The van der Waals surface area contributed by atoms with E-state index in [0.717, 1.165) is 25.9 Å². The van der Waals surface area contributed by atoms with Crippen LogP contribution in [0.4, 0.5) is 10.1 Å². The van der Waals surface area contributed by atoms with Crippen LogP contribution in [-0.4, -0.2) is 30.0 Å². The molecule has 1 aromatic rings. The van der Waals surface area contributed by atoms with Gasteiger partial charge in [0, 0.05) is 10.9 Å². The summed E-state index contributed by atoms with van der Waals surface area (Å²) < 4.78 is 12.7. The molecule has 18 heavy (non-hydrogen) atoms. The number of carbonyl (C=O) groups excluding carboxylic acids is 1. The summed E-state index contributed by atoms with van der Waals surface area (Å²) in [5, 5.41) is 6.64. The molecule has 0 atom stereocenters. The summed E-state index contributed by atoms with van der Waals surface area (Å²) >= 11 is 1.70. The minimum absolute atomic E-state index is 0.0230. The summed E-state index contributed by atoms with van der Waals surface area (Å²) in [5.41, 5.74) is 0.646. The molecule has 0 spiro atoms. The van der Waals surface area contributed by atoms with Gasteiger partial charge in [-0.25, -0.2) is 4.39 Å². The normalized spacial score (nSPS) is 16.5. The van der Waals surface area contributed by atoms with E-state index in [-0.39, 0.29) is 11.7 Å². The third-order valence-corrected chi connectivity index (χ3v) is 4.24. The fourth-order valence-corrected chi connectivity index (χ4v) is 2.91. The average Bonchev–Trinajstić information content (AvgIpc) is 2.40. The van der Waals surface area contributed by atoms with Crippen molar-refractivity contribution in [2.45, 2.75) is 18.1 Å². The molecule has 1 heterocycles. The maximum atomic E-state index is 12.7. The third-order valence-electron chi connectivity index (χ3n) is 2.86. The molecule has 1 aliphatic heterocycles. The second kappa shape index (κ2) is 6.75. The number of hydrogen-bond donors (Lipinski definition) is 2. The molecule has 1 amide bonds. The first kappa shape index (κ1) is 13.4. The van der Waals surface area contributed by atoms with Crippen LogP contribution in [0, 0.1) is 5.82 Å². The van der Waals surface area contributed by atoms with E-state index < -0.39 is 0 Å². The smallest absolute Gasteiger partial charge is 0.234 e. The largest absolute Gasteiger partial charge is 0.325 e. The summed E-state index contributed by atoms with van der Waals surface area (Å²) in [7, 11) is 0. The van der Waals surface area contributed by atoms with Crippen molar-refractivity contribution in [2.75, 3.05) is 24.2 Å². The first-order valence-corrected chi connectivity index (χ1v) is 7.16. The molecule has 0 aromatic heterocycles. The van der Waals surface area contributed by atoms with Crippen LogP contribution >= 0.6 is 11.8 Å². The van der Waals surface area contributed by atoms with Gasteiger partial charge in [-0.1, -0.05) is 0 Å². The maximum Gasteiger partial charge on any atom is 0.234 e. The van der Waals surface area contributed by atoms with Gasteiger partial charge in [-0.2, -0.15) is 0 Å². The van der Waals surface area contributed by atoms with Crippen LogP contribution < -0.4 is 10.6 Å². The van der Waals surface area contributed by atoms with Gasteiger partial charge in [0.2, 0.25) is 5.91 Å². The van der Waals surface area contributed by atoms with Crippen molar-refractivity contribution >= 4 is 23.4 Å². The van der Waals surface area contributed by atoms with E-state index in [4.69, 9.17) is 0 Å². The van der Waals surface area contributed by atoms with Crippen LogP contribution in [0.15, 0.2) is 24.3 Å². The second-order valence-corrected chi connectivity index (χ2v) is 5.60. The molecule has 0 radical (unpaired) electrons. The molecule has 0 saturated carbocycles. The molecule has 5 heteroatoms. The first-order chi connectivity index (χ1) is 8.74. The Hall–Kier alpha value is -1.07. The molecule has 98 valence electrons. The predicted molar refractivity (Wildman–Crippen MR) is 73.4 cm³/mol. The number of piperidine rings is 1. The van der Waals surface area contributed by atoms with Crippen molar-refractivity contribution in [1.29, 1.82) is 0 Å². The van der Waals surface area contributed by atoms with Crippen LogP contribution in [0.25, 0.3) is 0 Å². The minimum atomic E-state index is -0.294. The standard InChI is InChI=1S/C13H17FN2OS/c14-10-1-3-11(4-2-10)16-13(17)9-18-12-5-7-15-8-6-12/h1-4,12,15H,5-9H2,(H,16,17). The second-order valence-electron chi connectivity index (χ2n) is 4.32. The highest BCUT2D eigenvalue weighted by Crippen LogP contribution is 2.20. The number of nitrogens with one attached hydrogen (secondary N) is 2. The van der Waals surface area contributed by atoms with Crippen molar-refractivity contribution in [3.63, 3.8) is 0 Å². The topological polar surface area (TPSA) is 41.1 Å². The predicted octanol–water partition coefficient (Wildman–Crippen LogP) is 2.25. The number of rotatable bonds is 4. The molecule has 2 N–H and O–H groups in total. The van der Waals surface area contributed by atoms with Crippen LogP contribution in [0.3, 0.4) is 0 Å². The Kier molecular flexibility index (Phi) is 5.01. The monoisotopic (exact) mass is 268 g/mol. The Balaban J connectivity index is 1.73. The Morgan fingerprint density at radius 1 is 1.33 bits per heavy atom. The zero-order chi connectivity index (χ0) is 12.8. The lowest BCUT2D eigenvalue weighted by atomic mass is 10.2. The van der Waals surface area contributed by atoms with E-state index in [0.29, 0.717) is 16.7 Å². The summed E-state index contributed by atoms with van der Waals surface area (Å²) in [4.78, 5) is 11.7. The number of halogens is 1. The molecule has 0 unspecified atom stereocenters. The summed E-state index contributed by atoms with van der Waals surface area (Å²) in [5.74, 6) is 0.143. The number of thioether (sulfide) groups is 1. The lowest BCUT2D eigenvalue weighted by Crippen LogP contribution is -2.30. The van der Waals surface area contributed by atoms with Crippen molar-refractivity contribution in [2.24, 2.45) is 0 Å². The van der Waals surface area contributed by atoms with E-state index in [1.54, 1.807) is 23.9 Å². The van der Waals surface area contributed by atoms with Crippen LogP contribution in [-0.2, 0) is 4.79 Å². The Bertz CT molecular complexity index is 390. The van der Waals surface area contributed by atoms with Crippen LogP contribution in [0.5, 0.6) is 0 Å². The van der Waals surface area contributed by atoms with Gasteiger partial charge in [0.1, 0.15) is 5.82 Å². The first-order valence-electron chi connectivity index (χ1n) is 6.12. The van der Waals surface area contributed by atoms with Gasteiger partial charge in [0.25, 0.3) is 0 Å². The Morgan fingerprint density at radius 3 is 2.67 bits per heavy atom. The number of carbonyl (C=O) groups is 1. The number of benzene rings is 1. The Labute approximate surface area is 111 Å². The van der Waals surface area contributed by atoms with Gasteiger partial charge >= 0.3 is 0 Å². The van der Waals surface area contributed by atoms with Gasteiger partial charge in [0.05, 0.1) is 5.75 Å². The van der Waals surface area contributed by atoms with Gasteiger partial charge < -0.3 is 10.6 Å². The molecule has 3 nitrogen and oxygen atoms in total. The van der Waals surface area contributed by atoms with Crippen molar-refractivity contribution in [3.8, 4) is 0 Å². The minimum Gasteiger partial charge on any atom is -0.325 e. The molecule has 1 aliphatic rings. The van der Waals surface area contributed by atoms with Crippen LogP contribution in [0.2, 0.25) is 0 Å². The molecule has 1 fully saturated rings. The SMILES string of the molecule is O=C(CSC1CCNCC1)Nc1ccc(F)cc1. The maximum absolute atomic E-state index is 12.7. The molecule has 0 bridgehead atoms. The van der Waals surface area contributed by atoms with Crippen molar-refractivity contribution in [3.05, 3.63) is 30.1 Å². The fraction of sp³-hybridized carbons (Fsp3) is 0.462. The third kappa shape index (κ3) is 4.31. The Morgan fingerprint density at radius 2 is 2.00 bits per heavy atom. The fourth-order valence-electron chi connectivity index (χ4n) is 1.89. The van der Waals surface area contributed by atoms with E-state index in [2.05, 4.69) is 10.6 Å². The quantitative estimate of drug-likeness (QED) is 0.880. The van der Waals surface area contributed by atoms with E-state index >= 15 is 0 Å². The van der Waals surface area contributed by atoms with E-state index in [9.17, 15) is 9.18 Å². The molecule has 1 aromatic carbocycles. The summed E-state index contributed by atoms with van der Waals surface area (Å²) in [6, 6.07) is 5.83. The van der Waals surface area contributed by atoms with Gasteiger partial charge in [-0.05, 0) is 50.2 Å².